The highest BCUT2D eigenvalue weighted by atomic mass is 32.2. The lowest BCUT2D eigenvalue weighted by molar-refractivity contribution is -0.118. The third kappa shape index (κ3) is 5.49. The molecule has 1 amide bonds. The van der Waals surface area contributed by atoms with Crippen molar-refractivity contribution in [3.63, 3.8) is 0 Å². The number of carbonyl (C=O) groups excluding carboxylic acids is 1. The van der Waals surface area contributed by atoms with Crippen molar-refractivity contribution >= 4 is 17.7 Å². The molecule has 0 radical (unpaired) electrons. The van der Waals surface area contributed by atoms with Gasteiger partial charge >= 0.3 is 0 Å². The Hall–Kier alpha value is -2.14. The molecule has 0 aromatic heterocycles. The number of benzene rings is 2. The van der Waals surface area contributed by atoms with Crippen molar-refractivity contribution in [1.29, 1.82) is 0 Å². The van der Waals surface area contributed by atoms with Crippen LogP contribution in [0, 0.1) is 13.8 Å². The number of hydrogen-bond acceptors (Lipinski definition) is 4. The Kier molecular flexibility index (Phi) is 7.00. The highest BCUT2D eigenvalue weighted by Gasteiger charge is 2.06. The quantitative estimate of drug-likeness (QED) is 0.587. The first-order chi connectivity index (χ1) is 11.6. The molecule has 24 heavy (non-hydrogen) atoms. The van der Waals surface area contributed by atoms with Crippen molar-refractivity contribution in [2.75, 3.05) is 26.0 Å². The van der Waals surface area contributed by atoms with Gasteiger partial charge in [0.05, 0.1) is 19.4 Å². The van der Waals surface area contributed by atoms with E-state index in [-0.39, 0.29) is 5.91 Å². The second kappa shape index (κ2) is 9.23. The summed E-state index contributed by atoms with van der Waals surface area (Å²) in [5.41, 5.74) is 2.43. The molecule has 0 aliphatic heterocycles. The van der Waals surface area contributed by atoms with Gasteiger partial charge in [-0.2, -0.15) is 0 Å². The number of carbonyl (C=O) groups is 1. The number of thioether (sulfide) groups is 1. The van der Waals surface area contributed by atoms with Gasteiger partial charge < -0.3 is 14.8 Å². The maximum Gasteiger partial charge on any atom is 0.230 e. The van der Waals surface area contributed by atoms with Gasteiger partial charge in [-0.3, -0.25) is 4.79 Å². The summed E-state index contributed by atoms with van der Waals surface area (Å²) in [4.78, 5) is 13.1. The molecular weight excluding hydrogens is 322 g/mol. The van der Waals surface area contributed by atoms with E-state index in [1.54, 1.807) is 18.9 Å². The summed E-state index contributed by atoms with van der Waals surface area (Å²) in [6.07, 6.45) is 0. The molecule has 2 rings (SSSR count). The van der Waals surface area contributed by atoms with Crippen LogP contribution < -0.4 is 14.8 Å². The highest BCUT2D eigenvalue weighted by Crippen LogP contribution is 2.25. The molecule has 5 heteroatoms. The summed E-state index contributed by atoms with van der Waals surface area (Å²) < 4.78 is 10.8. The van der Waals surface area contributed by atoms with Gasteiger partial charge in [-0.05, 0) is 37.6 Å². The van der Waals surface area contributed by atoms with Crippen molar-refractivity contribution in [2.24, 2.45) is 0 Å². The maximum atomic E-state index is 11.9. The zero-order valence-corrected chi connectivity index (χ0v) is 15.1. The molecule has 0 heterocycles. The fraction of sp³-hybridized carbons (Fsp3) is 0.316. The molecule has 0 bridgehead atoms. The average Bonchev–Trinajstić information content (AvgIpc) is 2.58. The molecule has 0 fully saturated rings. The predicted molar refractivity (Wildman–Crippen MR) is 98.1 cm³/mol. The summed E-state index contributed by atoms with van der Waals surface area (Å²) in [6, 6.07) is 13.7. The summed E-state index contributed by atoms with van der Waals surface area (Å²) >= 11 is 1.55. The first kappa shape index (κ1) is 18.2. The van der Waals surface area contributed by atoms with E-state index in [0.717, 1.165) is 4.90 Å². The molecule has 0 aliphatic rings. The average molecular weight is 345 g/mol. The molecule has 0 aliphatic carbocycles. The topological polar surface area (TPSA) is 47.6 Å². The van der Waals surface area contributed by atoms with Crippen LogP contribution in [-0.4, -0.2) is 31.9 Å². The lowest BCUT2D eigenvalue weighted by Gasteiger charge is -2.11. The Morgan fingerprint density at radius 1 is 1.12 bits per heavy atom. The monoisotopic (exact) mass is 345 g/mol. The summed E-state index contributed by atoms with van der Waals surface area (Å²) in [6.45, 7) is 4.99. The Morgan fingerprint density at radius 3 is 2.58 bits per heavy atom. The molecule has 0 saturated carbocycles. The van der Waals surface area contributed by atoms with Gasteiger partial charge in [-0.1, -0.05) is 29.8 Å². The lowest BCUT2D eigenvalue weighted by atomic mass is 10.2. The smallest absolute Gasteiger partial charge is 0.230 e. The second-order valence-corrected chi connectivity index (χ2v) is 6.42. The molecule has 0 atom stereocenters. The standard InChI is InChI=1S/C19H23NO3S/c1-14-8-9-18(15(2)12-14)24-13-19(21)20-10-11-23-17-7-5-4-6-16(17)22-3/h4-9,12H,10-11,13H2,1-3H3,(H,20,21). The zero-order chi connectivity index (χ0) is 17.4. The molecule has 1 N–H and O–H groups in total. The maximum absolute atomic E-state index is 11.9. The van der Waals surface area contributed by atoms with Gasteiger partial charge in [0.25, 0.3) is 0 Å². The van der Waals surface area contributed by atoms with E-state index in [9.17, 15) is 4.79 Å². The van der Waals surface area contributed by atoms with Gasteiger partial charge in [-0.15, -0.1) is 11.8 Å². The van der Waals surface area contributed by atoms with Crippen molar-refractivity contribution in [3.8, 4) is 11.5 Å². The van der Waals surface area contributed by atoms with Crippen molar-refractivity contribution in [1.82, 2.24) is 5.32 Å². The third-order valence-corrected chi connectivity index (χ3v) is 4.62. The summed E-state index contributed by atoms with van der Waals surface area (Å²) in [5.74, 6) is 1.77. The van der Waals surface area contributed by atoms with Crippen LogP contribution in [0.4, 0.5) is 0 Å². The van der Waals surface area contributed by atoms with Gasteiger partial charge in [-0.25, -0.2) is 0 Å². The van der Waals surface area contributed by atoms with Crippen LogP contribution in [0.5, 0.6) is 11.5 Å². The molecule has 0 unspecified atom stereocenters. The number of rotatable bonds is 8. The minimum Gasteiger partial charge on any atom is -0.493 e. The number of amides is 1. The molecule has 0 saturated heterocycles. The predicted octanol–water partition coefficient (Wildman–Crippen LogP) is 3.60. The first-order valence-electron chi connectivity index (χ1n) is 7.82. The van der Waals surface area contributed by atoms with E-state index >= 15 is 0 Å². The van der Waals surface area contributed by atoms with Gasteiger partial charge in [0.2, 0.25) is 5.91 Å². The number of methoxy groups -OCH3 is 1. The molecule has 2 aromatic carbocycles. The van der Waals surface area contributed by atoms with Crippen LogP contribution in [0.15, 0.2) is 47.4 Å². The van der Waals surface area contributed by atoms with Crippen molar-refractivity contribution < 1.29 is 14.3 Å². The van der Waals surface area contributed by atoms with Crippen LogP contribution in [0.25, 0.3) is 0 Å². The third-order valence-electron chi connectivity index (χ3n) is 3.44. The molecular formula is C19H23NO3S. The first-order valence-corrected chi connectivity index (χ1v) is 8.81. The van der Waals surface area contributed by atoms with Crippen LogP contribution in [-0.2, 0) is 4.79 Å². The van der Waals surface area contributed by atoms with Crippen LogP contribution >= 0.6 is 11.8 Å². The molecule has 2 aromatic rings. The fourth-order valence-corrected chi connectivity index (χ4v) is 3.08. The van der Waals surface area contributed by atoms with Gasteiger partial charge in [0.15, 0.2) is 11.5 Å². The normalized spacial score (nSPS) is 10.3. The Morgan fingerprint density at radius 2 is 1.88 bits per heavy atom. The van der Waals surface area contributed by atoms with Gasteiger partial charge in [0.1, 0.15) is 6.61 Å². The highest BCUT2D eigenvalue weighted by molar-refractivity contribution is 8.00. The van der Waals surface area contributed by atoms with E-state index in [2.05, 4.69) is 37.4 Å². The Balaban J connectivity index is 1.70. The van der Waals surface area contributed by atoms with Crippen LogP contribution in [0.3, 0.4) is 0 Å². The van der Waals surface area contributed by atoms with E-state index in [1.807, 2.05) is 24.3 Å². The number of hydrogen-bond donors (Lipinski definition) is 1. The minimum atomic E-state index is 0.00333. The van der Waals surface area contributed by atoms with E-state index < -0.39 is 0 Å². The van der Waals surface area contributed by atoms with Crippen molar-refractivity contribution in [3.05, 3.63) is 53.6 Å². The van der Waals surface area contributed by atoms with Crippen LogP contribution in [0.2, 0.25) is 0 Å². The van der Waals surface area contributed by atoms with E-state index in [4.69, 9.17) is 9.47 Å². The second-order valence-electron chi connectivity index (χ2n) is 5.41. The molecule has 0 spiro atoms. The number of nitrogens with one attached hydrogen (secondary N) is 1. The Bertz CT molecular complexity index is 688. The summed E-state index contributed by atoms with van der Waals surface area (Å²) in [7, 11) is 1.61. The lowest BCUT2D eigenvalue weighted by Crippen LogP contribution is -2.29. The number of ether oxygens (including phenoxy) is 2. The zero-order valence-electron chi connectivity index (χ0n) is 14.3. The van der Waals surface area contributed by atoms with E-state index in [0.29, 0.717) is 30.4 Å². The number of aryl methyl sites for hydroxylation is 2. The molecule has 4 nitrogen and oxygen atoms in total. The van der Waals surface area contributed by atoms with E-state index in [1.165, 1.54) is 11.1 Å². The van der Waals surface area contributed by atoms with Crippen molar-refractivity contribution in [2.45, 2.75) is 18.7 Å². The fourth-order valence-electron chi connectivity index (χ4n) is 2.25. The Labute approximate surface area is 147 Å². The SMILES string of the molecule is COc1ccccc1OCCNC(=O)CSc1ccc(C)cc1C. The minimum absolute atomic E-state index is 0.00333. The van der Waals surface area contributed by atoms with Gasteiger partial charge in [0, 0.05) is 4.90 Å². The largest absolute Gasteiger partial charge is 0.493 e. The van der Waals surface area contributed by atoms with Crippen LogP contribution in [0.1, 0.15) is 11.1 Å². The number of para-hydroxylation sites is 2. The summed E-state index contributed by atoms with van der Waals surface area (Å²) in [5, 5.41) is 2.87. The molecule has 128 valence electrons.